The zero-order chi connectivity index (χ0) is 18.6. The van der Waals surface area contributed by atoms with Crippen LogP contribution in [0, 0.1) is 20.8 Å². The Morgan fingerprint density at radius 3 is 2.68 bits per heavy atom. The number of nitrogens with one attached hydrogen (secondary N) is 2. The zero-order valence-corrected chi connectivity index (χ0v) is 16.2. The van der Waals surface area contributed by atoms with Crippen LogP contribution in [0.15, 0.2) is 28.2 Å². The highest BCUT2D eigenvalue weighted by Gasteiger charge is 2.14. The maximum atomic E-state index is 12.3. The lowest BCUT2D eigenvalue weighted by Crippen LogP contribution is -2.28. The molecule has 0 bridgehead atoms. The molecule has 2 N–H and O–H groups in total. The summed E-state index contributed by atoms with van der Waals surface area (Å²) in [5, 5.41) is 3.62. The Hall–Kier alpha value is -2.08. The lowest BCUT2D eigenvalue weighted by molar-refractivity contribution is -0.121. The third-order valence-electron chi connectivity index (χ3n) is 4.27. The summed E-state index contributed by atoms with van der Waals surface area (Å²) in [5.41, 5.74) is 4.54. The van der Waals surface area contributed by atoms with Gasteiger partial charge in [0.1, 0.15) is 0 Å². The third kappa shape index (κ3) is 4.95. The number of nitrogens with zero attached hydrogens (tertiary/aromatic N) is 1. The van der Waals surface area contributed by atoms with Crippen LogP contribution in [0.3, 0.4) is 0 Å². The number of rotatable bonds is 6. The minimum Gasteiger partial charge on any atom is -0.350 e. The second-order valence-electron chi connectivity index (χ2n) is 6.29. The van der Waals surface area contributed by atoms with E-state index in [1.165, 1.54) is 17.3 Å². The van der Waals surface area contributed by atoms with E-state index in [0.29, 0.717) is 22.8 Å². The van der Waals surface area contributed by atoms with Crippen LogP contribution >= 0.6 is 11.8 Å². The van der Waals surface area contributed by atoms with Crippen LogP contribution in [0.25, 0.3) is 0 Å². The molecule has 6 heteroatoms. The summed E-state index contributed by atoms with van der Waals surface area (Å²) in [5.74, 6) is -0.0684. The van der Waals surface area contributed by atoms with Crippen molar-refractivity contribution < 1.29 is 4.79 Å². The molecular weight excluding hydrogens is 334 g/mol. The van der Waals surface area contributed by atoms with Gasteiger partial charge in [0.15, 0.2) is 5.16 Å². The van der Waals surface area contributed by atoms with Crippen LogP contribution in [-0.2, 0) is 11.2 Å². The molecule has 25 heavy (non-hydrogen) atoms. The van der Waals surface area contributed by atoms with E-state index in [4.69, 9.17) is 0 Å². The van der Waals surface area contributed by atoms with Crippen molar-refractivity contribution in [3.05, 3.63) is 56.5 Å². The SMILES string of the molecule is CSc1nc(C)c(CCC(=O)NC(C)c2cc(C)ccc2C)c(=O)[nH]1. The lowest BCUT2D eigenvalue weighted by atomic mass is 10.00. The number of amides is 1. The first kappa shape index (κ1) is 19.2. The smallest absolute Gasteiger partial charge is 0.254 e. The molecule has 1 heterocycles. The van der Waals surface area contributed by atoms with E-state index in [1.54, 1.807) is 6.92 Å². The zero-order valence-electron chi connectivity index (χ0n) is 15.4. The molecule has 1 aromatic heterocycles. The van der Waals surface area contributed by atoms with Gasteiger partial charge in [0.2, 0.25) is 5.91 Å². The van der Waals surface area contributed by atoms with Crippen molar-refractivity contribution in [3.63, 3.8) is 0 Å². The minimum absolute atomic E-state index is 0.0660. The van der Waals surface area contributed by atoms with Crippen LogP contribution < -0.4 is 10.9 Å². The normalized spacial score (nSPS) is 12.0. The van der Waals surface area contributed by atoms with Gasteiger partial charge in [-0.25, -0.2) is 4.98 Å². The maximum absolute atomic E-state index is 12.3. The standard InChI is InChI=1S/C19H25N3O2S/c1-11-6-7-12(2)16(10-11)14(4)20-17(23)9-8-15-13(3)21-19(25-5)22-18(15)24/h6-7,10,14H,8-9H2,1-5H3,(H,20,23)(H,21,22,24). The average Bonchev–Trinajstić information content (AvgIpc) is 2.55. The third-order valence-corrected chi connectivity index (χ3v) is 4.85. The predicted molar refractivity (Wildman–Crippen MR) is 102 cm³/mol. The van der Waals surface area contributed by atoms with Crippen molar-refractivity contribution in [1.29, 1.82) is 0 Å². The fourth-order valence-electron chi connectivity index (χ4n) is 2.83. The van der Waals surface area contributed by atoms with Crippen molar-refractivity contribution >= 4 is 17.7 Å². The Morgan fingerprint density at radius 2 is 2.04 bits per heavy atom. The molecule has 1 unspecified atom stereocenters. The number of carbonyl (C=O) groups is 1. The van der Waals surface area contributed by atoms with Crippen molar-refractivity contribution in [1.82, 2.24) is 15.3 Å². The van der Waals surface area contributed by atoms with Crippen molar-refractivity contribution in [2.75, 3.05) is 6.26 Å². The van der Waals surface area contributed by atoms with Gasteiger partial charge in [0, 0.05) is 17.7 Å². The highest BCUT2D eigenvalue weighted by Crippen LogP contribution is 2.19. The van der Waals surface area contributed by atoms with E-state index >= 15 is 0 Å². The highest BCUT2D eigenvalue weighted by molar-refractivity contribution is 7.98. The molecule has 2 rings (SSSR count). The Balaban J connectivity index is 2.01. The van der Waals surface area contributed by atoms with Gasteiger partial charge >= 0.3 is 0 Å². The van der Waals surface area contributed by atoms with Gasteiger partial charge in [-0.3, -0.25) is 9.59 Å². The summed E-state index contributed by atoms with van der Waals surface area (Å²) >= 11 is 1.39. The molecule has 0 saturated carbocycles. The second kappa shape index (κ2) is 8.34. The fourth-order valence-corrected chi connectivity index (χ4v) is 3.26. The van der Waals surface area contributed by atoms with E-state index < -0.39 is 0 Å². The Labute approximate surface area is 152 Å². The van der Waals surface area contributed by atoms with Crippen LogP contribution in [-0.4, -0.2) is 22.1 Å². The van der Waals surface area contributed by atoms with E-state index in [9.17, 15) is 9.59 Å². The number of H-pyrrole nitrogens is 1. The summed E-state index contributed by atoms with van der Waals surface area (Å²) < 4.78 is 0. The van der Waals surface area contributed by atoms with Gasteiger partial charge in [0.25, 0.3) is 5.56 Å². The summed E-state index contributed by atoms with van der Waals surface area (Å²) in [6.07, 6.45) is 2.51. The predicted octanol–water partition coefficient (Wildman–Crippen LogP) is 3.23. The first-order valence-corrected chi connectivity index (χ1v) is 9.54. The van der Waals surface area contributed by atoms with Crippen LogP contribution in [0.4, 0.5) is 0 Å². The lowest BCUT2D eigenvalue weighted by Gasteiger charge is -2.17. The van der Waals surface area contributed by atoms with E-state index in [-0.39, 0.29) is 23.9 Å². The van der Waals surface area contributed by atoms with Gasteiger partial charge in [-0.15, -0.1) is 0 Å². The van der Waals surface area contributed by atoms with Crippen LogP contribution in [0.2, 0.25) is 0 Å². The molecule has 2 aromatic rings. The van der Waals surface area contributed by atoms with E-state index in [1.807, 2.05) is 27.0 Å². The Morgan fingerprint density at radius 1 is 1.32 bits per heavy atom. The minimum atomic E-state index is -0.160. The molecule has 5 nitrogen and oxygen atoms in total. The first-order valence-electron chi connectivity index (χ1n) is 8.32. The number of aryl methyl sites for hydroxylation is 3. The van der Waals surface area contributed by atoms with Gasteiger partial charge < -0.3 is 10.3 Å². The van der Waals surface area contributed by atoms with Crippen molar-refractivity contribution in [2.24, 2.45) is 0 Å². The number of aromatic amines is 1. The van der Waals surface area contributed by atoms with Crippen LogP contribution in [0.5, 0.6) is 0 Å². The number of thioether (sulfide) groups is 1. The van der Waals surface area contributed by atoms with Gasteiger partial charge in [-0.1, -0.05) is 35.5 Å². The van der Waals surface area contributed by atoms with Crippen molar-refractivity contribution in [2.45, 2.75) is 51.7 Å². The molecule has 0 spiro atoms. The average molecular weight is 359 g/mol. The number of carbonyl (C=O) groups excluding carboxylic acids is 1. The molecule has 0 aliphatic heterocycles. The molecule has 0 aliphatic rings. The number of aromatic nitrogens is 2. The molecule has 134 valence electrons. The summed E-state index contributed by atoms with van der Waals surface area (Å²) in [4.78, 5) is 31.5. The highest BCUT2D eigenvalue weighted by atomic mass is 32.2. The molecule has 1 aromatic carbocycles. The second-order valence-corrected chi connectivity index (χ2v) is 7.08. The van der Waals surface area contributed by atoms with Crippen LogP contribution in [0.1, 0.15) is 47.3 Å². The number of hydrogen-bond donors (Lipinski definition) is 2. The van der Waals surface area contributed by atoms with Gasteiger partial charge in [-0.05, 0) is 51.5 Å². The number of hydrogen-bond acceptors (Lipinski definition) is 4. The topological polar surface area (TPSA) is 74.8 Å². The largest absolute Gasteiger partial charge is 0.350 e. The Bertz CT molecular complexity index is 830. The molecular formula is C19H25N3O2S. The summed E-state index contributed by atoms with van der Waals surface area (Å²) in [6, 6.07) is 6.16. The van der Waals surface area contributed by atoms with Crippen molar-refractivity contribution in [3.8, 4) is 0 Å². The number of benzene rings is 1. The summed E-state index contributed by atoms with van der Waals surface area (Å²) in [6.45, 7) is 7.87. The molecule has 0 fully saturated rings. The van der Waals surface area contributed by atoms with E-state index in [2.05, 4.69) is 33.5 Å². The molecule has 0 saturated heterocycles. The van der Waals surface area contributed by atoms with Gasteiger partial charge in [0.05, 0.1) is 6.04 Å². The monoisotopic (exact) mass is 359 g/mol. The molecule has 1 atom stereocenters. The molecule has 1 amide bonds. The Kier molecular flexibility index (Phi) is 6.42. The fraction of sp³-hybridized carbons (Fsp3) is 0.421. The quantitative estimate of drug-likeness (QED) is 0.613. The van der Waals surface area contributed by atoms with E-state index in [0.717, 1.165) is 11.1 Å². The summed E-state index contributed by atoms with van der Waals surface area (Å²) in [7, 11) is 0. The molecule has 0 radical (unpaired) electrons. The maximum Gasteiger partial charge on any atom is 0.254 e. The van der Waals surface area contributed by atoms with Gasteiger partial charge in [-0.2, -0.15) is 0 Å². The molecule has 0 aliphatic carbocycles. The first-order chi connectivity index (χ1) is 11.8.